The fourth-order valence-electron chi connectivity index (χ4n) is 2.63. The zero-order valence-corrected chi connectivity index (χ0v) is 12.4. The molecule has 1 amide bonds. The molecule has 5 nitrogen and oxygen atoms in total. The van der Waals surface area contributed by atoms with Gasteiger partial charge in [0, 0.05) is 6.54 Å². The summed E-state index contributed by atoms with van der Waals surface area (Å²) in [5.41, 5.74) is 2.22. The summed E-state index contributed by atoms with van der Waals surface area (Å²) in [5, 5.41) is 14.5. The monoisotopic (exact) mass is 276 g/mol. The first-order valence-electron chi connectivity index (χ1n) is 7.52. The fourth-order valence-corrected chi connectivity index (χ4v) is 2.63. The van der Waals surface area contributed by atoms with Crippen LogP contribution in [0, 0.1) is 12.8 Å². The molecule has 0 bridgehead atoms. The first-order chi connectivity index (χ1) is 9.70. The first-order valence-corrected chi connectivity index (χ1v) is 7.52. The lowest BCUT2D eigenvalue weighted by Crippen LogP contribution is -2.33. The Kier molecular flexibility index (Phi) is 5.47. The van der Waals surface area contributed by atoms with E-state index in [1.165, 1.54) is 12.8 Å². The van der Waals surface area contributed by atoms with Gasteiger partial charge in [-0.1, -0.05) is 6.92 Å². The van der Waals surface area contributed by atoms with Gasteiger partial charge in [0.15, 0.2) is 0 Å². The van der Waals surface area contributed by atoms with Gasteiger partial charge in [-0.2, -0.15) is 10.2 Å². The number of aryl methyl sites for hydroxylation is 2. The third-order valence-electron chi connectivity index (χ3n) is 3.81. The van der Waals surface area contributed by atoms with Crippen molar-refractivity contribution in [1.29, 1.82) is 0 Å². The van der Waals surface area contributed by atoms with Gasteiger partial charge in [0.2, 0.25) is 0 Å². The highest BCUT2D eigenvalue weighted by molar-refractivity contribution is 5.95. The maximum absolute atomic E-state index is 12.2. The van der Waals surface area contributed by atoms with Crippen molar-refractivity contribution in [3.8, 4) is 0 Å². The van der Waals surface area contributed by atoms with Gasteiger partial charge in [-0.05, 0) is 57.7 Å². The van der Waals surface area contributed by atoms with Crippen LogP contribution in [0.1, 0.15) is 47.9 Å². The molecule has 1 unspecified atom stereocenters. The minimum absolute atomic E-state index is 0.0244. The number of amides is 1. The Balaban J connectivity index is 1.86. The second kappa shape index (κ2) is 7.33. The van der Waals surface area contributed by atoms with Crippen molar-refractivity contribution in [3.63, 3.8) is 0 Å². The molecular formula is C15H24N4O. The molecule has 20 heavy (non-hydrogen) atoms. The maximum Gasteiger partial charge on any atom is 0.253 e. The molecule has 110 valence electrons. The minimum atomic E-state index is -0.0244. The van der Waals surface area contributed by atoms with E-state index in [2.05, 4.69) is 20.8 Å². The Bertz CT molecular complexity index is 455. The summed E-state index contributed by atoms with van der Waals surface area (Å²) >= 11 is 0. The van der Waals surface area contributed by atoms with Crippen molar-refractivity contribution in [2.75, 3.05) is 19.6 Å². The average Bonchev–Trinajstić information content (AvgIpc) is 2.48. The van der Waals surface area contributed by atoms with E-state index in [0.29, 0.717) is 11.5 Å². The molecule has 1 aromatic rings. The number of nitrogens with one attached hydrogen (secondary N) is 2. The fraction of sp³-hybridized carbons (Fsp3) is 0.667. The third kappa shape index (κ3) is 4.00. The Labute approximate surface area is 120 Å². The van der Waals surface area contributed by atoms with Crippen LogP contribution in [0.4, 0.5) is 0 Å². The molecular weight excluding hydrogens is 252 g/mol. The van der Waals surface area contributed by atoms with Crippen molar-refractivity contribution in [1.82, 2.24) is 20.8 Å². The lowest BCUT2D eigenvalue weighted by Gasteiger charge is -2.22. The summed E-state index contributed by atoms with van der Waals surface area (Å²) in [6.45, 7) is 6.78. The van der Waals surface area contributed by atoms with Crippen LogP contribution >= 0.6 is 0 Å². The molecule has 0 saturated carbocycles. The Morgan fingerprint density at radius 1 is 1.50 bits per heavy atom. The second-order valence-electron chi connectivity index (χ2n) is 5.46. The van der Waals surface area contributed by atoms with Crippen LogP contribution < -0.4 is 10.6 Å². The lowest BCUT2D eigenvalue weighted by molar-refractivity contribution is 0.0949. The zero-order chi connectivity index (χ0) is 14.4. The number of hydrogen-bond donors (Lipinski definition) is 2. The summed E-state index contributed by atoms with van der Waals surface area (Å²) in [6, 6.07) is 1.82. The Morgan fingerprint density at radius 3 is 3.05 bits per heavy atom. The van der Waals surface area contributed by atoms with E-state index in [4.69, 9.17) is 0 Å². The molecule has 1 atom stereocenters. The highest BCUT2D eigenvalue weighted by Gasteiger charge is 2.15. The molecule has 0 radical (unpaired) electrons. The predicted molar refractivity (Wildman–Crippen MR) is 78.7 cm³/mol. The van der Waals surface area contributed by atoms with E-state index < -0.39 is 0 Å². The maximum atomic E-state index is 12.2. The van der Waals surface area contributed by atoms with Crippen molar-refractivity contribution in [3.05, 3.63) is 23.0 Å². The molecule has 1 fully saturated rings. The number of piperidine rings is 1. The molecule has 2 N–H and O–H groups in total. The van der Waals surface area contributed by atoms with Crippen molar-refractivity contribution in [2.45, 2.75) is 39.5 Å². The summed E-state index contributed by atoms with van der Waals surface area (Å²) in [7, 11) is 0. The molecule has 0 aliphatic carbocycles. The average molecular weight is 276 g/mol. The van der Waals surface area contributed by atoms with Crippen LogP contribution in [-0.4, -0.2) is 35.7 Å². The highest BCUT2D eigenvalue weighted by Crippen LogP contribution is 2.13. The number of rotatable bonds is 5. The van der Waals surface area contributed by atoms with E-state index in [1.807, 2.05) is 19.9 Å². The molecule has 2 rings (SSSR count). The number of hydrogen-bond acceptors (Lipinski definition) is 4. The van der Waals surface area contributed by atoms with E-state index in [9.17, 15) is 4.79 Å². The largest absolute Gasteiger partial charge is 0.352 e. The zero-order valence-electron chi connectivity index (χ0n) is 12.4. The Morgan fingerprint density at radius 2 is 2.35 bits per heavy atom. The van der Waals surface area contributed by atoms with Crippen LogP contribution in [0.2, 0.25) is 0 Å². The van der Waals surface area contributed by atoms with Crippen LogP contribution in [0.5, 0.6) is 0 Å². The second-order valence-corrected chi connectivity index (χ2v) is 5.46. The predicted octanol–water partition coefficient (Wildman–Crippen LogP) is 1.47. The van der Waals surface area contributed by atoms with Gasteiger partial charge in [-0.25, -0.2) is 0 Å². The Hall–Kier alpha value is -1.49. The van der Waals surface area contributed by atoms with E-state index in [1.54, 1.807) is 0 Å². The normalized spacial score (nSPS) is 18.8. The number of carbonyl (C=O) groups excluding carboxylic acids is 1. The van der Waals surface area contributed by atoms with Gasteiger partial charge >= 0.3 is 0 Å². The van der Waals surface area contributed by atoms with Crippen LogP contribution in [-0.2, 0) is 6.42 Å². The standard InChI is InChI=1S/C15H24N4O/c1-3-14-13(9-11(2)18-19-14)15(20)17-8-6-12-5-4-7-16-10-12/h9,12,16H,3-8,10H2,1-2H3,(H,17,20). The van der Waals surface area contributed by atoms with Gasteiger partial charge in [0.1, 0.15) is 0 Å². The van der Waals surface area contributed by atoms with Crippen molar-refractivity contribution < 1.29 is 4.79 Å². The highest BCUT2D eigenvalue weighted by atomic mass is 16.1. The molecule has 1 aliphatic heterocycles. The third-order valence-corrected chi connectivity index (χ3v) is 3.81. The van der Waals surface area contributed by atoms with Gasteiger partial charge in [0.25, 0.3) is 5.91 Å². The molecule has 5 heteroatoms. The SMILES string of the molecule is CCc1nnc(C)cc1C(=O)NCCC1CCCNC1. The first kappa shape index (κ1) is 14.9. The number of aromatic nitrogens is 2. The van der Waals surface area contributed by atoms with E-state index >= 15 is 0 Å². The van der Waals surface area contributed by atoms with Crippen molar-refractivity contribution >= 4 is 5.91 Å². The lowest BCUT2D eigenvalue weighted by atomic mass is 9.96. The van der Waals surface area contributed by atoms with Crippen molar-refractivity contribution in [2.24, 2.45) is 5.92 Å². The van der Waals surface area contributed by atoms with Crippen LogP contribution in [0.25, 0.3) is 0 Å². The van der Waals surface area contributed by atoms with Crippen LogP contribution in [0.3, 0.4) is 0 Å². The minimum Gasteiger partial charge on any atom is -0.352 e. The quantitative estimate of drug-likeness (QED) is 0.854. The smallest absolute Gasteiger partial charge is 0.253 e. The number of nitrogens with zero attached hydrogens (tertiary/aromatic N) is 2. The summed E-state index contributed by atoms with van der Waals surface area (Å²) in [6.07, 6.45) is 4.27. The molecule has 1 saturated heterocycles. The summed E-state index contributed by atoms with van der Waals surface area (Å²) in [4.78, 5) is 12.2. The topological polar surface area (TPSA) is 66.9 Å². The molecule has 1 aromatic heterocycles. The van der Waals surface area contributed by atoms with Crippen LogP contribution in [0.15, 0.2) is 6.07 Å². The van der Waals surface area contributed by atoms with Gasteiger partial charge in [0.05, 0.1) is 17.0 Å². The van der Waals surface area contributed by atoms with Gasteiger partial charge < -0.3 is 10.6 Å². The summed E-state index contributed by atoms with van der Waals surface area (Å²) in [5.74, 6) is 0.663. The molecule has 0 aromatic carbocycles. The molecule has 0 spiro atoms. The van der Waals surface area contributed by atoms with E-state index in [0.717, 1.165) is 43.9 Å². The number of carbonyl (C=O) groups is 1. The van der Waals surface area contributed by atoms with Gasteiger partial charge in [-0.3, -0.25) is 4.79 Å². The molecule has 2 heterocycles. The van der Waals surface area contributed by atoms with Gasteiger partial charge in [-0.15, -0.1) is 0 Å². The van der Waals surface area contributed by atoms with E-state index in [-0.39, 0.29) is 5.91 Å². The summed E-state index contributed by atoms with van der Waals surface area (Å²) < 4.78 is 0. The molecule has 1 aliphatic rings.